The Balaban J connectivity index is 3.64. The van der Waals surface area contributed by atoms with Crippen LogP contribution in [0, 0.1) is 0 Å². The third-order valence-corrected chi connectivity index (χ3v) is 1.19. The van der Waals surface area contributed by atoms with E-state index in [1.807, 2.05) is 13.8 Å². The van der Waals surface area contributed by atoms with Crippen LogP contribution in [0.1, 0.15) is 20.3 Å². The molecule has 0 saturated heterocycles. The molecule has 54 valence electrons. The average Bonchev–Trinajstić information content (AvgIpc) is 1.90. The summed E-state index contributed by atoms with van der Waals surface area (Å²) in [6.07, 6.45) is 0.564. The van der Waals surface area contributed by atoms with E-state index in [-0.39, 0.29) is 5.91 Å². The van der Waals surface area contributed by atoms with Gasteiger partial charge in [0.1, 0.15) is 0 Å². The maximum absolute atomic E-state index is 10.8. The Bertz CT molecular complexity index is 89.1. The second-order valence-corrected chi connectivity index (χ2v) is 1.72. The second kappa shape index (κ2) is 4.32. The molecule has 0 radical (unpaired) electrons. The average molecular weight is 130 g/mol. The van der Waals surface area contributed by atoms with E-state index >= 15 is 0 Å². The molecule has 0 aromatic rings. The molecule has 0 aromatic heterocycles. The van der Waals surface area contributed by atoms with E-state index in [4.69, 9.17) is 0 Å². The molecule has 0 aliphatic heterocycles. The SMILES string of the molecule is CCC(=O)N(CC)NC. The van der Waals surface area contributed by atoms with E-state index in [1.165, 1.54) is 0 Å². The molecule has 0 aliphatic carbocycles. The zero-order valence-corrected chi connectivity index (χ0v) is 6.27. The molecule has 3 nitrogen and oxygen atoms in total. The molecule has 9 heavy (non-hydrogen) atoms. The van der Waals surface area contributed by atoms with Crippen LogP contribution in [0.5, 0.6) is 0 Å². The highest BCUT2D eigenvalue weighted by Crippen LogP contribution is 1.86. The van der Waals surface area contributed by atoms with Gasteiger partial charge in [-0.15, -0.1) is 0 Å². The number of nitrogens with zero attached hydrogens (tertiary/aromatic N) is 1. The van der Waals surface area contributed by atoms with Crippen LogP contribution in [0.15, 0.2) is 0 Å². The molecule has 0 rings (SSSR count). The van der Waals surface area contributed by atoms with E-state index in [1.54, 1.807) is 12.1 Å². The van der Waals surface area contributed by atoms with Crippen molar-refractivity contribution in [1.82, 2.24) is 10.4 Å². The fraction of sp³-hybridized carbons (Fsp3) is 0.833. The first-order valence-corrected chi connectivity index (χ1v) is 3.24. The summed E-state index contributed by atoms with van der Waals surface area (Å²) in [7, 11) is 1.75. The molecule has 0 aromatic carbocycles. The van der Waals surface area contributed by atoms with E-state index in [9.17, 15) is 4.79 Å². The Hall–Kier alpha value is -0.570. The van der Waals surface area contributed by atoms with Gasteiger partial charge in [-0.3, -0.25) is 9.80 Å². The van der Waals surface area contributed by atoms with Gasteiger partial charge in [0.25, 0.3) is 0 Å². The molecule has 1 amide bonds. The van der Waals surface area contributed by atoms with Gasteiger partial charge in [-0.25, -0.2) is 5.43 Å². The zero-order valence-electron chi connectivity index (χ0n) is 6.27. The molecule has 0 heterocycles. The molecule has 3 heteroatoms. The molecule has 0 aliphatic rings. The van der Waals surface area contributed by atoms with Gasteiger partial charge in [0.05, 0.1) is 0 Å². The predicted molar refractivity (Wildman–Crippen MR) is 36.7 cm³/mol. The molecule has 0 atom stereocenters. The van der Waals surface area contributed by atoms with Crippen LogP contribution in [0.25, 0.3) is 0 Å². The molecular formula is C6H14N2O. The van der Waals surface area contributed by atoms with Crippen LogP contribution < -0.4 is 5.43 Å². The minimum atomic E-state index is 0.139. The largest absolute Gasteiger partial charge is 0.279 e. The van der Waals surface area contributed by atoms with Crippen molar-refractivity contribution in [2.24, 2.45) is 0 Å². The van der Waals surface area contributed by atoms with E-state index in [0.29, 0.717) is 6.42 Å². The van der Waals surface area contributed by atoms with E-state index < -0.39 is 0 Å². The summed E-state index contributed by atoms with van der Waals surface area (Å²) in [5.74, 6) is 0.139. The van der Waals surface area contributed by atoms with Crippen LogP contribution in [0.3, 0.4) is 0 Å². The summed E-state index contributed by atoms with van der Waals surface area (Å²) in [6, 6.07) is 0. The van der Waals surface area contributed by atoms with Crippen molar-refractivity contribution in [3.05, 3.63) is 0 Å². The van der Waals surface area contributed by atoms with Gasteiger partial charge >= 0.3 is 0 Å². The molecule has 1 N–H and O–H groups in total. The molecule has 0 spiro atoms. The predicted octanol–water partition coefficient (Wildman–Crippen LogP) is 0.379. The lowest BCUT2D eigenvalue weighted by atomic mass is 10.4. The summed E-state index contributed by atoms with van der Waals surface area (Å²) in [5.41, 5.74) is 2.79. The third-order valence-electron chi connectivity index (χ3n) is 1.19. The quantitative estimate of drug-likeness (QED) is 0.560. The number of rotatable bonds is 3. The molecule has 0 unspecified atom stereocenters. The Morgan fingerprint density at radius 3 is 2.22 bits per heavy atom. The summed E-state index contributed by atoms with van der Waals surface area (Å²) < 4.78 is 0. The number of carbonyl (C=O) groups is 1. The van der Waals surface area contributed by atoms with Gasteiger partial charge in [-0.05, 0) is 6.92 Å². The van der Waals surface area contributed by atoms with Crippen LogP contribution in [0.4, 0.5) is 0 Å². The summed E-state index contributed by atoms with van der Waals surface area (Å²) >= 11 is 0. The Labute approximate surface area is 56.0 Å². The van der Waals surface area contributed by atoms with Crippen LogP contribution in [-0.2, 0) is 4.79 Å². The third kappa shape index (κ3) is 2.46. The lowest BCUT2D eigenvalue weighted by Crippen LogP contribution is -2.39. The first kappa shape index (κ1) is 8.43. The van der Waals surface area contributed by atoms with Gasteiger partial charge in [0, 0.05) is 20.0 Å². The van der Waals surface area contributed by atoms with E-state index in [0.717, 1.165) is 6.54 Å². The van der Waals surface area contributed by atoms with Gasteiger partial charge < -0.3 is 0 Å². The van der Waals surface area contributed by atoms with Gasteiger partial charge in [-0.2, -0.15) is 0 Å². The lowest BCUT2D eigenvalue weighted by molar-refractivity contribution is -0.133. The zero-order chi connectivity index (χ0) is 7.28. The normalized spacial score (nSPS) is 9.22. The van der Waals surface area contributed by atoms with Crippen LogP contribution in [0.2, 0.25) is 0 Å². The van der Waals surface area contributed by atoms with Crippen molar-refractivity contribution < 1.29 is 4.79 Å². The highest BCUT2D eigenvalue weighted by atomic mass is 16.2. The first-order chi connectivity index (χ1) is 4.26. The molecule has 0 fully saturated rings. The number of carbonyl (C=O) groups excluding carboxylic acids is 1. The topological polar surface area (TPSA) is 32.3 Å². The summed E-state index contributed by atoms with van der Waals surface area (Å²) in [5, 5.41) is 1.58. The highest BCUT2D eigenvalue weighted by molar-refractivity contribution is 5.75. The Morgan fingerprint density at radius 2 is 2.11 bits per heavy atom. The number of hydrazine groups is 1. The fourth-order valence-electron chi connectivity index (χ4n) is 0.650. The van der Waals surface area contributed by atoms with Crippen molar-refractivity contribution in [1.29, 1.82) is 0 Å². The minimum Gasteiger partial charge on any atom is -0.279 e. The van der Waals surface area contributed by atoms with Crippen LogP contribution >= 0.6 is 0 Å². The number of amides is 1. The summed E-state index contributed by atoms with van der Waals surface area (Å²) in [6.45, 7) is 4.51. The van der Waals surface area contributed by atoms with Crippen LogP contribution in [-0.4, -0.2) is 24.5 Å². The van der Waals surface area contributed by atoms with Crippen molar-refractivity contribution in [3.63, 3.8) is 0 Å². The summed E-state index contributed by atoms with van der Waals surface area (Å²) in [4.78, 5) is 10.8. The standard InChI is InChI=1S/C6H14N2O/c1-4-6(9)8(5-2)7-3/h7H,4-5H2,1-3H3. The second-order valence-electron chi connectivity index (χ2n) is 1.72. The number of hydrogen-bond donors (Lipinski definition) is 1. The number of hydrogen-bond acceptors (Lipinski definition) is 2. The van der Waals surface area contributed by atoms with Gasteiger partial charge in [-0.1, -0.05) is 6.92 Å². The van der Waals surface area contributed by atoms with Gasteiger partial charge in [0.2, 0.25) is 5.91 Å². The van der Waals surface area contributed by atoms with E-state index in [2.05, 4.69) is 5.43 Å². The molecular weight excluding hydrogens is 116 g/mol. The Morgan fingerprint density at radius 1 is 1.56 bits per heavy atom. The first-order valence-electron chi connectivity index (χ1n) is 3.24. The van der Waals surface area contributed by atoms with Crippen molar-refractivity contribution in [3.8, 4) is 0 Å². The number of nitrogens with one attached hydrogen (secondary N) is 1. The molecule has 0 bridgehead atoms. The Kier molecular flexibility index (Phi) is 4.05. The molecule has 0 saturated carbocycles. The minimum absolute atomic E-state index is 0.139. The highest BCUT2D eigenvalue weighted by Gasteiger charge is 2.03. The monoisotopic (exact) mass is 130 g/mol. The lowest BCUT2D eigenvalue weighted by Gasteiger charge is -2.17. The van der Waals surface area contributed by atoms with Crippen molar-refractivity contribution >= 4 is 5.91 Å². The van der Waals surface area contributed by atoms with Crippen molar-refractivity contribution in [2.75, 3.05) is 13.6 Å². The van der Waals surface area contributed by atoms with Crippen molar-refractivity contribution in [2.45, 2.75) is 20.3 Å². The smallest absolute Gasteiger partial charge is 0.236 e. The van der Waals surface area contributed by atoms with Gasteiger partial charge in [0.15, 0.2) is 0 Å². The maximum Gasteiger partial charge on any atom is 0.236 e. The fourth-order valence-corrected chi connectivity index (χ4v) is 0.650. The maximum atomic E-state index is 10.8.